The molecule has 1 saturated heterocycles. The number of benzene rings is 2. The molecular weight excluding hydrogens is 606 g/mol. The molecule has 1 N–H and O–H groups in total. The van der Waals surface area contributed by atoms with Crippen LogP contribution in [0.5, 0.6) is 5.88 Å². The van der Waals surface area contributed by atoms with Gasteiger partial charge in [0, 0.05) is 36.7 Å². The fourth-order valence-electron chi connectivity index (χ4n) is 7.05. The quantitative estimate of drug-likeness (QED) is 0.390. The van der Waals surface area contributed by atoms with Crippen molar-refractivity contribution in [1.29, 1.82) is 0 Å². The molecule has 3 aromatic rings. The molecule has 3 aliphatic rings. The Morgan fingerprint density at radius 1 is 1.00 bits per heavy atom. The van der Waals surface area contributed by atoms with Crippen LogP contribution in [0, 0.1) is 19.3 Å². The van der Waals surface area contributed by atoms with Crippen molar-refractivity contribution in [2.45, 2.75) is 82.8 Å². The second kappa shape index (κ2) is 11.6. The van der Waals surface area contributed by atoms with Crippen LogP contribution in [0.15, 0.2) is 53.4 Å². The number of amides is 2. The molecule has 1 saturated carbocycles. The first kappa shape index (κ1) is 31.8. The summed E-state index contributed by atoms with van der Waals surface area (Å²) in [5.41, 5.74) is 3.01. The maximum Gasteiger partial charge on any atom is 0.409 e. The van der Waals surface area contributed by atoms with Crippen LogP contribution in [-0.2, 0) is 14.8 Å². The molecule has 6 rings (SSSR count). The van der Waals surface area contributed by atoms with Gasteiger partial charge in [0.15, 0.2) is 0 Å². The molecule has 3 heterocycles. The Morgan fingerprint density at radius 2 is 1.70 bits per heavy atom. The van der Waals surface area contributed by atoms with E-state index in [2.05, 4.69) is 35.5 Å². The molecule has 244 valence electrons. The molecule has 1 aliphatic carbocycles. The number of aromatic nitrogens is 2. The molecule has 2 amide bonds. The Labute approximate surface area is 270 Å². The highest BCUT2D eigenvalue weighted by Gasteiger charge is 2.55. The molecule has 0 unspecified atom stereocenters. The van der Waals surface area contributed by atoms with Crippen LogP contribution in [0.1, 0.15) is 67.9 Å². The molecule has 2 aromatic carbocycles. The first-order valence-electron chi connectivity index (χ1n) is 15.6. The van der Waals surface area contributed by atoms with Gasteiger partial charge in [-0.3, -0.25) is 4.79 Å². The zero-order valence-electron chi connectivity index (χ0n) is 27.2. The summed E-state index contributed by atoms with van der Waals surface area (Å²) in [6.07, 6.45) is 2.09. The second-order valence-electron chi connectivity index (χ2n) is 14.0. The number of ether oxygens (including phenoxy) is 2. The van der Waals surface area contributed by atoms with Crippen LogP contribution < -0.4 is 9.46 Å². The van der Waals surface area contributed by atoms with E-state index in [0.29, 0.717) is 38.0 Å². The predicted octanol–water partition coefficient (Wildman–Crippen LogP) is 5.57. The number of carbonyl (C=O) groups is 2. The van der Waals surface area contributed by atoms with E-state index >= 15 is 0 Å². The van der Waals surface area contributed by atoms with Crippen LogP contribution >= 0.6 is 0 Å². The average Bonchev–Trinajstić information content (AvgIpc) is 2.96. The lowest BCUT2D eigenvalue weighted by atomic mass is 9.67. The Morgan fingerprint density at radius 3 is 2.39 bits per heavy atom. The molecule has 46 heavy (non-hydrogen) atoms. The van der Waals surface area contributed by atoms with E-state index in [-0.39, 0.29) is 58.4 Å². The van der Waals surface area contributed by atoms with Gasteiger partial charge in [-0.05, 0) is 67.9 Å². The zero-order valence-corrected chi connectivity index (χ0v) is 28.0. The standard InChI is InChI=1S/C34H41N5O6S/c1-21-9-7-10-22(2)29(21)27-16-28-36-31(35-27)37-46(42,43)26-12-8-11-23(15-26)30(40)39(25(20-45-28)17-33(3,4)5)24-18-34(19-24)13-14-44-32(41)38(34)6/h7-12,15-16,24-25H,13-14,17-20H2,1-6H3,(H,35,36,37)/t24?,25-,34?/m1/s1. The fraction of sp³-hybridized carbons (Fsp3) is 0.471. The summed E-state index contributed by atoms with van der Waals surface area (Å²) in [4.78, 5) is 39.5. The second-order valence-corrected chi connectivity index (χ2v) is 15.6. The monoisotopic (exact) mass is 647 g/mol. The number of sulfonamides is 1. The largest absolute Gasteiger partial charge is 0.475 e. The van der Waals surface area contributed by atoms with Crippen LogP contribution in [0.25, 0.3) is 11.3 Å². The number of nitrogens with zero attached hydrogens (tertiary/aromatic N) is 4. The lowest BCUT2D eigenvalue weighted by Crippen LogP contribution is -2.68. The number of carbonyl (C=O) groups excluding carboxylic acids is 2. The number of nitrogens with one attached hydrogen (secondary N) is 1. The van der Waals surface area contributed by atoms with Gasteiger partial charge in [0.05, 0.1) is 28.8 Å². The first-order chi connectivity index (χ1) is 21.7. The maximum absolute atomic E-state index is 14.5. The number of hydrogen-bond acceptors (Lipinski definition) is 8. The predicted molar refractivity (Wildman–Crippen MR) is 173 cm³/mol. The molecule has 0 radical (unpaired) electrons. The van der Waals surface area contributed by atoms with E-state index in [9.17, 15) is 18.0 Å². The van der Waals surface area contributed by atoms with Gasteiger partial charge in [0.2, 0.25) is 11.8 Å². The minimum Gasteiger partial charge on any atom is -0.475 e. The van der Waals surface area contributed by atoms with E-state index in [1.54, 1.807) is 30.1 Å². The third-order valence-electron chi connectivity index (χ3n) is 9.36. The summed E-state index contributed by atoms with van der Waals surface area (Å²) in [5.74, 6) is -0.213. The summed E-state index contributed by atoms with van der Waals surface area (Å²) < 4.78 is 41.5. The minimum absolute atomic E-state index is 0.0756. The summed E-state index contributed by atoms with van der Waals surface area (Å²) in [6.45, 7) is 10.7. The highest BCUT2D eigenvalue weighted by molar-refractivity contribution is 7.92. The highest BCUT2D eigenvalue weighted by Crippen LogP contribution is 2.46. The van der Waals surface area contributed by atoms with Crippen LogP contribution in [0.3, 0.4) is 0 Å². The molecule has 1 spiro atoms. The number of cyclic esters (lactones) is 1. The summed E-state index contributed by atoms with van der Waals surface area (Å²) in [7, 11) is -2.42. The number of aryl methyl sites for hydroxylation is 2. The Balaban J connectivity index is 1.47. The normalized spacial score (nSPS) is 24.5. The highest BCUT2D eigenvalue weighted by atomic mass is 32.2. The molecule has 1 aromatic heterocycles. The lowest BCUT2D eigenvalue weighted by Gasteiger charge is -2.58. The van der Waals surface area contributed by atoms with Crippen molar-refractivity contribution in [3.63, 3.8) is 0 Å². The third-order valence-corrected chi connectivity index (χ3v) is 10.7. The van der Waals surface area contributed by atoms with Crippen molar-refractivity contribution in [3.05, 3.63) is 65.2 Å². The van der Waals surface area contributed by atoms with Gasteiger partial charge >= 0.3 is 6.09 Å². The maximum atomic E-state index is 14.5. The van der Waals surface area contributed by atoms with Crippen molar-refractivity contribution < 1.29 is 27.5 Å². The average molecular weight is 648 g/mol. The van der Waals surface area contributed by atoms with Gasteiger partial charge < -0.3 is 19.3 Å². The van der Waals surface area contributed by atoms with Gasteiger partial charge in [0.25, 0.3) is 15.9 Å². The molecule has 4 bridgehead atoms. The van der Waals surface area contributed by atoms with Crippen molar-refractivity contribution in [2.24, 2.45) is 5.41 Å². The van der Waals surface area contributed by atoms with Crippen LogP contribution in [-0.4, -0.2) is 78.1 Å². The summed E-state index contributed by atoms with van der Waals surface area (Å²) >= 11 is 0. The van der Waals surface area contributed by atoms with Crippen LogP contribution in [0.2, 0.25) is 0 Å². The van der Waals surface area contributed by atoms with E-state index in [1.807, 2.05) is 36.9 Å². The molecule has 2 aliphatic heterocycles. The summed E-state index contributed by atoms with van der Waals surface area (Å²) in [6, 6.07) is 13.1. The number of hydrogen-bond donors (Lipinski definition) is 1. The smallest absolute Gasteiger partial charge is 0.409 e. The number of anilines is 1. The van der Waals surface area contributed by atoms with E-state index in [0.717, 1.165) is 16.7 Å². The Bertz CT molecular complexity index is 1780. The Kier molecular flexibility index (Phi) is 7.98. The molecule has 11 nitrogen and oxygen atoms in total. The molecular formula is C34H41N5O6S. The topological polar surface area (TPSA) is 131 Å². The fourth-order valence-corrected chi connectivity index (χ4v) is 8.04. The molecule has 12 heteroatoms. The van der Waals surface area contributed by atoms with Crippen molar-refractivity contribution in [3.8, 4) is 17.1 Å². The minimum atomic E-state index is -4.17. The van der Waals surface area contributed by atoms with Crippen molar-refractivity contribution in [1.82, 2.24) is 19.8 Å². The van der Waals surface area contributed by atoms with Crippen molar-refractivity contribution >= 4 is 28.0 Å². The number of fused-ring (bicyclic) bond motifs is 4. The van der Waals surface area contributed by atoms with Gasteiger partial charge in [-0.15, -0.1) is 0 Å². The lowest BCUT2D eigenvalue weighted by molar-refractivity contribution is -0.0785. The Hall–Kier alpha value is -4.19. The third kappa shape index (κ3) is 6.02. The van der Waals surface area contributed by atoms with Gasteiger partial charge in [-0.1, -0.05) is 45.0 Å². The molecule has 2 fully saturated rings. The van der Waals surface area contributed by atoms with Crippen LogP contribution in [0.4, 0.5) is 10.7 Å². The summed E-state index contributed by atoms with van der Waals surface area (Å²) in [5, 5.41) is 0. The first-order valence-corrected chi connectivity index (χ1v) is 17.1. The van der Waals surface area contributed by atoms with Gasteiger partial charge in [0.1, 0.15) is 6.61 Å². The van der Waals surface area contributed by atoms with Crippen molar-refractivity contribution in [2.75, 3.05) is 25.0 Å². The van der Waals surface area contributed by atoms with E-state index in [1.165, 1.54) is 12.1 Å². The molecule has 1 atom stereocenters. The SMILES string of the molecule is Cc1cccc(C)c1-c1cc2nc(n1)NS(=O)(=O)c1cccc(c1)C(=O)N(C1CC3(CCOC(=O)N3C)C1)[C@H](CC(C)(C)C)CO2. The zero-order chi connectivity index (χ0) is 33.0. The van der Waals surface area contributed by atoms with E-state index < -0.39 is 15.6 Å². The van der Waals surface area contributed by atoms with Gasteiger partial charge in [-0.25, -0.2) is 22.9 Å². The van der Waals surface area contributed by atoms with Gasteiger partial charge in [-0.2, -0.15) is 4.98 Å². The van der Waals surface area contributed by atoms with E-state index in [4.69, 9.17) is 9.47 Å². The number of rotatable bonds is 3.